The second-order valence-electron chi connectivity index (χ2n) is 7.22. The number of amides is 1. The van der Waals surface area contributed by atoms with Gasteiger partial charge in [-0.3, -0.25) is 9.59 Å². The van der Waals surface area contributed by atoms with E-state index in [0.29, 0.717) is 18.7 Å². The Labute approximate surface area is 153 Å². The zero-order valence-electron chi connectivity index (χ0n) is 15.8. The highest BCUT2D eigenvalue weighted by molar-refractivity contribution is 5.99. The van der Waals surface area contributed by atoms with E-state index < -0.39 is 11.9 Å². The Balaban J connectivity index is 1.91. The standard InChI is InChI=1S/C20H26N2O4/c1-12-10-21(11-17(12)20(24)25)19(23)15-5-6-18-16(9-15)13(2)14(3)22(18)7-8-26-4/h5-6,9,12,17H,7-8,10-11H2,1-4H3,(H,24,25)/t12-,17-/m1/s1. The Morgan fingerprint density at radius 1 is 1.27 bits per heavy atom. The first kappa shape index (κ1) is 18.5. The fourth-order valence-electron chi connectivity index (χ4n) is 3.89. The van der Waals surface area contributed by atoms with Crippen LogP contribution in [0.4, 0.5) is 0 Å². The number of fused-ring (bicyclic) bond motifs is 1. The molecule has 1 fully saturated rings. The highest BCUT2D eigenvalue weighted by Crippen LogP contribution is 2.29. The molecule has 2 atom stereocenters. The molecule has 0 aliphatic carbocycles. The zero-order valence-corrected chi connectivity index (χ0v) is 15.8. The van der Waals surface area contributed by atoms with Crippen molar-refractivity contribution in [2.45, 2.75) is 27.3 Å². The number of methoxy groups -OCH3 is 1. The maximum atomic E-state index is 12.9. The first-order valence-electron chi connectivity index (χ1n) is 8.95. The Hall–Kier alpha value is -2.34. The molecule has 1 aliphatic rings. The van der Waals surface area contributed by atoms with Crippen molar-refractivity contribution in [1.82, 2.24) is 9.47 Å². The molecule has 6 heteroatoms. The van der Waals surface area contributed by atoms with E-state index in [-0.39, 0.29) is 18.4 Å². The van der Waals surface area contributed by atoms with Crippen molar-refractivity contribution in [3.63, 3.8) is 0 Å². The van der Waals surface area contributed by atoms with Gasteiger partial charge in [0.2, 0.25) is 0 Å². The summed E-state index contributed by atoms with van der Waals surface area (Å²) in [6.07, 6.45) is 0. The summed E-state index contributed by atoms with van der Waals surface area (Å²) >= 11 is 0. The molecule has 26 heavy (non-hydrogen) atoms. The van der Waals surface area contributed by atoms with Gasteiger partial charge in [0, 0.05) is 48.9 Å². The average molecular weight is 358 g/mol. The number of carbonyl (C=O) groups is 2. The van der Waals surface area contributed by atoms with Gasteiger partial charge < -0.3 is 19.3 Å². The van der Waals surface area contributed by atoms with Crippen LogP contribution in [0.2, 0.25) is 0 Å². The highest BCUT2D eigenvalue weighted by Gasteiger charge is 2.37. The van der Waals surface area contributed by atoms with Gasteiger partial charge in [0.15, 0.2) is 0 Å². The molecular weight excluding hydrogens is 332 g/mol. The van der Waals surface area contributed by atoms with E-state index in [1.54, 1.807) is 12.0 Å². The lowest BCUT2D eigenvalue weighted by Gasteiger charge is -2.16. The summed E-state index contributed by atoms with van der Waals surface area (Å²) in [5, 5.41) is 10.3. The molecule has 0 bridgehead atoms. The van der Waals surface area contributed by atoms with Crippen LogP contribution in [0.15, 0.2) is 18.2 Å². The molecule has 0 spiro atoms. The van der Waals surface area contributed by atoms with Crippen molar-refractivity contribution in [1.29, 1.82) is 0 Å². The average Bonchev–Trinajstić information content (AvgIpc) is 3.12. The minimum Gasteiger partial charge on any atom is -0.481 e. The molecule has 0 unspecified atom stereocenters. The topological polar surface area (TPSA) is 71.8 Å². The molecule has 1 saturated heterocycles. The Bertz CT molecular complexity index is 855. The van der Waals surface area contributed by atoms with Gasteiger partial charge in [0.05, 0.1) is 12.5 Å². The first-order chi connectivity index (χ1) is 12.3. The summed E-state index contributed by atoms with van der Waals surface area (Å²) in [7, 11) is 1.69. The molecule has 140 valence electrons. The minimum atomic E-state index is -0.829. The van der Waals surface area contributed by atoms with Crippen LogP contribution in [0.3, 0.4) is 0 Å². The number of ether oxygens (including phenoxy) is 1. The summed E-state index contributed by atoms with van der Waals surface area (Å²) in [5.74, 6) is -1.43. The number of aliphatic carboxylic acids is 1. The van der Waals surface area contributed by atoms with Crippen LogP contribution in [-0.4, -0.2) is 53.3 Å². The number of carboxylic acids is 1. The first-order valence-corrected chi connectivity index (χ1v) is 8.95. The summed E-state index contributed by atoms with van der Waals surface area (Å²) in [6.45, 7) is 8.19. The molecule has 3 rings (SSSR count). The van der Waals surface area contributed by atoms with Crippen LogP contribution in [0.25, 0.3) is 10.9 Å². The van der Waals surface area contributed by atoms with E-state index in [1.807, 2.05) is 25.1 Å². The van der Waals surface area contributed by atoms with Crippen LogP contribution in [0.5, 0.6) is 0 Å². The van der Waals surface area contributed by atoms with Gasteiger partial charge in [-0.1, -0.05) is 6.92 Å². The van der Waals surface area contributed by atoms with Gasteiger partial charge in [0.25, 0.3) is 5.91 Å². The predicted octanol–water partition coefficient (Wildman–Crippen LogP) is 2.70. The van der Waals surface area contributed by atoms with E-state index in [9.17, 15) is 14.7 Å². The fourth-order valence-corrected chi connectivity index (χ4v) is 3.89. The highest BCUT2D eigenvalue weighted by atomic mass is 16.5. The summed E-state index contributed by atoms with van der Waals surface area (Å²) in [4.78, 5) is 25.9. The van der Waals surface area contributed by atoms with Crippen LogP contribution < -0.4 is 0 Å². The molecule has 2 heterocycles. The van der Waals surface area contributed by atoms with Crippen molar-refractivity contribution < 1.29 is 19.4 Å². The van der Waals surface area contributed by atoms with Gasteiger partial charge in [-0.2, -0.15) is 0 Å². The lowest BCUT2D eigenvalue weighted by molar-refractivity contribution is -0.142. The van der Waals surface area contributed by atoms with E-state index in [4.69, 9.17) is 4.74 Å². The predicted molar refractivity (Wildman–Crippen MR) is 99.5 cm³/mol. The number of carbonyl (C=O) groups excluding carboxylic acids is 1. The number of benzene rings is 1. The SMILES string of the molecule is COCCn1c(C)c(C)c2cc(C(=O)N3C[C@@H](C)[C@H](C(=O)O)C3)ccc21. The normalized spacial score (nSPS) is 20.1. The third kappa shape index (κ3) is 3.09. The second kappa shape index (κ2) is 7.11. The van der Waals surface area contributed by atoms with E-state index >= 15 is 0 Å². The summed E-state index contributed by atoms with van der Waals surface area (Å²) < 4.78 is 7.41. The molecule has 0 saturated carbocycles. The molecule has 2 aromatic rings. The van der Waals surface area contributed by atoms with E-state index in [2.05, 4.69) is 18.4 Å². The molecular formula is C20H26N2O4. The van der Waals surface area contributed by atoms with Crippen molar-refractivity contribution in [2.75, 3.05) is 26.8 Å². The number of nitrogens with zero attached hydrogens (tertiary/aromatic N) is 2. The maximum Gasteiger partial charge on any atom is 0.308 e. The van der Waals surface area contributed by atoms with Crippen LogP contribution in [0, 0.1) is 25.7 Å². The second-order valence-corrected chi connectivity index (χ2v) is 7.22. The van der Waals surface area contributed by atoms with Gasteiger partial charge in [0.1, 0.15) is 0 Å². The van der Waals surface area contributed by atoms with E-state index in [0.717, 1.165) is 23.0 Å². The third-order valence-electron chi connectivity index (χ3n) is 5.62. The molecule has 1 amide bonds. The summed E-state index contributed by atoms with van der Waals surface area (Å²) in [6, 6.07) is 5.75. The van der Waals surface area contributed by atoms with E-state index in [1.165, 1.54) is 5.69 Å². The lowest BCUT2D eigenvalue weighted by Crippen LogP contribution is -2.29. The molecule has 1 aliphatic heterocycles. The number of carboxylic acid groups (broad SMARTS) is 1. The van der Waals surface area contributed by atoms with Gasteiger partial charge >= 0.3 is 5.97 Å². The largest absolute Gasteiger partial charge is 0.481 e. The van der Waals surface area contributed by atoms with Crippen LogP contribution >= 0.6 is 0 Å². The van der Waals surface area contributed by atoms with Crippen LogP contribution in [-0.2, 0) is 16.1 Å². The molecule has 6 nitrogen and oxygen atoms in total. The van der Waals surface area contributed by atoms with Crippen molar-refractivity contribution in [2.24, 2.45) is 11.8 Å². The monoisotopic (exact) mass is 358 g/mol. The van der Waals surface area contributed by atoms with Gasteiger partial charge in [-0.05, 0) is 43.5 Å². The number of hydrogen-bond acceptors (Lipinski definition) is 3. The van der Waals surface area contributed by atoms with Crippen molar-refractivity contribution >= 4 is 22.8 Å². The molecule has 0 radical (unpaired) electrons. The van der Waals surface area contributed by atoms with Crippen molar-refractivity contribution in [3.05, 3.63) is 35.0 Å². The minimum absolute atomic E-state index is 0.0284. The van der Waals surface area contributed by atoms with Crippen molar-refractivity contribution in [3.8, 4) is 0 Å². The summed E-state index contributed by atoms with van der Waals surface area (Å²) in [5.41, 5.74) is 4.03. The lowest BCUT2D eigenvalue weighted by atomic mass is 9.99. The van der Waals surface area contributed by atoms with Gasteiger partial charge in [-0.15, -0.1) is 0 Å². The maximum absolute atomic E-state index is 12.9. The smallest absolute Gasteiger partial charge is 0.308 e. The Kier molecular flexibility index (Phi) is 5.05. The zero-order chi connectivity index (χ0) is 19.0. The number of aryl methyl sites for hydroxylation is 1. The Morgan fingerprint density at radius 2 is 2.00 bits per heavy atom. The molecule has 1 N–H and O–H groups in total. The quantitative estimate of drug-likeness (QED) is 0.892. The Morgan fingerprint density at radius 3 is 2.62 bits per heavy atom. The fraction of sp³-hybridized carbons (Fsp3) is 0.500. The number of likely N-dealkylation sites (tertiary alicyclic amines) is 1. The third-order valence-corrected chi connectivity index (χ3v) is 5.62. The molecule has 1 aromatic carbocycles. The van der Waals surface area contributed by atoms with Gasteiger partial charge in [-0.25, -0.2) is 0 Å². The van der Waals surface area contributed by atoms with Crippen LogP contribution in [0.1, 0.15) is 28.5 Å². The number of hydrogen-bond donors (Lipinski definition) is 1. The molecule has 1 aromatic heterocycles. The number of aromatic nitrogens is 1. The number of rotatable bonds is 5.